The number of anilines is 1. The molecule has 0 N–H and O–H groups in total. The number of carbonyl (C=O) groups is 1. The maximum Gasteiger partial charge on any atom is 0.306 e. The zero-order chi connectivity index (χ0) is 24.9. The fourth-order valence-corrected chi connectivity index (χ4v) is 4.75. The van der Waals surface area contributed by atoms with Crippen LogP contribution in [-0.2, 0) is 16.0 Å². The number of esters is 1. The predicted molar refractivity (Wildman–Crippen MR) is 136 cm³/mol. The molecule has 0 spiro atoms. The molecule has 3 aromatic rings. The van der Waals surface area contributed by atoms with Gasteiger partial charge in [-0.15, -0.1) is 0 Å². The molecule has 0 unspecified atom stereocenters. The number of rotatable bonds is 10. The summed E-state index contributed by atoms with van der Waals surface area (Å²) in [5.74, 6) is 3.15. The third-order valence-corrected chi connectivity index (χ3v) is 6.59. The Kier molecular flexibility index (Phi) is 7.21. The van der Waals surface area contributed by atoms with Gasteiger partial charge in [0, 0.05) is 25.4 Å². The topological polar surface area (TPSA) is 83.0 Å². The van der Waals surface area contributed by atoms with E-state index in [4.69, 9.17) is 23.9 Å². The number of nitrogens with zero attached hydrogens (tertiary/aromatic N) is 3. The molecule has 0 radical (unpaired) electrons. The van der Waals surface area contributed by atoms with Crippen molar-refractivity contribution in [3.8, 4) is 28.5 Å². The predicted octanol–water partition coefficient (Wildman–Crippen LogP) is 4.76. The van der Waals surface area contributed by atoms with Gasteiger partial charge in [0.1, 0.15) is 5.75 Å². The summed E-state index contributed by atoms with van der Waals surface area (Å²) in [6.45, 7) is 3.87. The van der Waals surface area contributed by atoms with Crippen LogP contribution in [-0.4, -0.2) is 49.5 Å². The summed E-state index contributed by atoms with van der Waals surface area (Å²) in [6, 6.07) is 13.9. The molecule has 0 saturated heterocycles. The third kappa shape index (κ3) is 5.37. The average Bonchev–Trinajstić information content (AvgIpc) is 3.53. The quantitative estimate of drug-likeness (QED) is 0.298. The van der Waals surface area contributed by atoms with Crippen LogP contribution in [0, 0.1) is 0 Å². The van der Waals surface area contributed by atoms with Crippen molar-refractivity contribution in [2.45, 2.75) is 38.5 Å². The average molecular weight is 490 g/mol. The van der Waals surface area contributed by atoms with E-state index in [9.17, 15) is 4.79 Å². The molecule has 8 heteroatoms. The Hall–Kier alpha value is -3.81. The highest BCUT2D eigenvalue weighted by atomic mass is 16.7. The first-order chi connectivity index (χ1) is 17.6. The van der Waals surface area contributed by atoms with Gasteiger partial charge in [-0.1, -0.05) is 6.07 Å². The van der Waals surface area contributed by atoms with Crippen LogP contribution in [0.1, 0.15) is 43.2 Å². The van der Waals surface area contributed by atoms with Gasteiger partial charge >= 0.3 is 5.97 Å². The summed E-state index contributed by atoms with van der Waals surface area (Å²) >= 11 is 0. The van der Waals surface area contributed by atoms with E-state index in [1.165, 1.54) is 11.1 Å². The largest absolute Gasteiger partial charge is 0.494 e. The van der Waals surface area contributed by atoms with Crippen LogP contribution in [0.4, 0.5) is 5.95 Å². The molecule has 2 heterocycles. The molecule has 2 aromatic carbocycles. The number of fused-ring (bicyclic) bond motifs is 2. The van der Waals surface area contributed by atoms with Crippen molar-refractivity contribution >= 4 is 11.9 Å². The van der Waals surface area contributed by atoms with E-state index in [-0.39, 0.29) is 18.7 Å². The maximum atomic E-state index is 11.9. The van der Waals surface area contributed by atoms with Crippen molar-refractivity contribution in [2.24, 2.45) is 0 Å². The standard InChI is InChI=1S/C28H31N3O5/c1-3-33-27(32)17-20-6-5-19-15-22(8-9-23(19)20)34-14-4-13-31(2)28-29-12-11-24(30-28)21-7-10-25-26(16-21)36-18-35-25/h7-12,15-16,20H,3-6,13-14,17-18H2,1-2H3/t20-/m0/s1. The molecule has 8 nitrogen and oxygen atoms in total. The molecule has 1 aromatic heterocycles. The van der Waals surface area contributed by atoms with Crippen LogP contribution >= 0.6 is 0 Å². The van der Waals surface area contributed by atoms with Crippen LogP contribution in [0.15, 0.2) is 48.7 Å². The highest BCUT2D eigenvalue weighted by Crippen LogP contribution is 2.38. The summed E-state index contributed by atoms with van der Waals surface area (Å²) < 4.78 is 22.0. The van der Waals surface area contributed by atoms with Crippen molar-refractivity contribution in [3.63, 3.8) is 0 Å². The van der Waals surface area contributed by atoms with Gasteiger partial charge in [0.25, 0.3) is 0 Å². The van der Waals surface area contributed by atoms with Crippen molar-refractivity contribution < 1.29 is 23.7 Å². The number of aryl methyl sites for hydroxylation is 1. The smallest absolute Gasteiger partial charge is 0.306 e. The van der Waals surface area contributed by atoms with E-state index in [1.807, 2.05) is 49.2 Å². The lowest BCUT2D eigenvalue weighted by molar-refractivity contribution is -0.143. The number of hydrogen-bond donors (Lipinski definition) is 0. The van der Waals surface area contributed by atoms with Crippen LogP contribution in [0.2, 0.25) is 0 Å². The second kappa shape index (κ2) is 10.8. The van der Waals surface area contributed by atoms with E-state index in [0.29, 0.717) is 25.6 Å². The molecule has 0 saturated carbocycles. The van der Waals surface area contributed by atoms with Crippen molar-refractivity contribution in [2.75, 3.05) is 38.5 Å². The molecule has 2 aliphatic rings. The van der Waals surface area contributed by atoms with Crippen molar-refractivity contribution in [3.05, 3.63) is 59.8 Å². The van der Waals surface area contributed by atoms with Gasteiger partial charge in [0.05, 0.1) is 25.3 Å². The van der Waals surface area contributed by atoms with Crippen molar-refractivity contribution in [1.29, 1.82) is 0 Å². The SMILES string of the molecule is CCOC(=O)C[C@@H]1CCc2cc(OCCCN(C)c3nccc(-c4ccc5c(c4)OCO5)n3)ccc21. The number of benzene rings is 2. The van der Waals surface area contributed by atoms with Gasteiger partial charge in [-0.3, -0.25) is 4.79 Å². The van der Waals surface area contributed by atoms with E-state index >= 15 is 0 Å². The molecular formula is C28H31N3O5. The zero-order valence-corrected chi connectivity index (χ0v) is 20.7. The Balaban J connectivity index is 1.12. The van der Waals surface area contributed by atoms with Gasteiger partial charge in [0.2, 0.25) is 12.7 Å². The molecule has 188 valence electrons. The summed E-state index contributed by atoms with van der Waals surface area (Å²) in [4.78, 5) is 23.1. The summed E-state index contributed by atoms with van der Waals surface area (Å²) in [5, 5.41) is 0. The Morgan fingerprint density at radius 2 is 2.03 bits per heavy atom. The van der Waals surface area contributed by atoms with Gasteiger partial charge in [-0.25, -0.2) is 9.97 Å². The first-order valence-corrected chi connectivity index (χ1v) is 12.5. The molecule has 1 aliphatic carbocycles. The van der Waals surface area contributed by atoms with Gasteiger partial charge in [0.15, 0.2) is 11.5 Å². The van der Waals surface area contributed by atoms with Crippen LogP contribution < -0.4 is 19.1 Å². The third-order valence-electron chi connectivity index (χ3n) is 6.59. The van der Waals surface area contributed by atoms with Gasteiger partial charge in [-0.2, -0.15) is 0 Å². The lowest BCUT2D eigenvalue weighted by Gasteiger charge is -2.18. The van der Waals surface area contributed by atoms with Crippen LogP contribution in [0.25, 0.3) is 11.3 Å². The van der Waals surface area contributed by atoms with E-state index in [1.54, 1.807) is 6.20 Å². The molecule has 5 rings (SSSR count). The normalized spacial score (nSPS) is 15.4. The summed E-state index contributed by atoms with van der Waals surface area (Å²) in [7, 11) is 1.98. The number of carbonyl (C=O) groups excluding carboxylic acids is 1. The monoisotopic (exact) mass is 489 g/mol. The summed E-state index contributed by atoms with van der Waals surface area (Å²) in [5.41, 5.74) is 4.31. The highest BCUT2D eigenvalue weighted by molar-refractivity contribution is 5.71. The molecule has 1 aliphatic heterocycles. The van der Waals surface area contributed by atoms with Crippen molar-refractivity contribution in [1.82, 2.24) is 9.97 Å². The van der Waals surface area contributed by atoms with Gasteiger partial charge in [-0.05, 0) is 79.6 Å². The minimum atomic E-state index is -0.120. The number of hydrogen-bond acceptors (Lipinski definition) is 8. The van der Waals surface area contributed by atoms with E-state index in [2.05, 4.69) is 17.1 Å². The molecule has 0 bridgehead atoms. The number of aromatic nitrogens is 2. The van der Waals surface area contributed by atoms with E-state index in [0.717, 1.165) is 54.3 Å². The maximum absolute atomic E-state index is 11.9. The molecule has 1 atom stereocenters. The fraction of sp³-hybridized carbons (Fsp3) is 0.393. The molecular weight excluding hydrogens is 458 g/mol. The second-order valence-electron chi connectivity index (χ2n) is 9.04. The molecule has 0 amide bonds. The van der Waals surface area contributed by atoms with Crippen LogP contribution in [0.3, 0.4) is 0 Å². The number of ether oxygens (including phenoxy) is 4. The molecule has 0 fully saturated rings. The molecule has 36 heavy (non-hydrogen) atoms. The summed E-state index contributed by atoms with van der Waals surface area (Å²) in [6.07, 6.45) is 5.00. The fourth-order valence-electron chi connectivity index (χ4n) is 4.75. The first-order valence-electron chi connectivity index (χ1n) is 12.5. The lowest BCUT2D eigenvalue weighted by atomic mass is 9.98. The second-order valence-corrected chi connectivity index (χ2v) is 9.04. The van der Waals surface area contributed by atoms with Crippen LogP contribution in [0.5, 0.6) is 17.2 Å². The lowest BCUT2D eigenvalue weighted by Crippen LogP contribution is -2.22. The Morgan fingerprint density at radius 1 is 1.14 bits per heavy atom. The minimum Gasteiger partial charge on any atom is -0.494 e. The van der Waals surface area contributed by atoms with E-state index < -0.39 is 0 Å². The highest BCUT2D eigenvalue weighted by Gasteiger charge is 2.25. The Morgan fingerprint density at radius 3 is 2.92 bits per heavy atom. The Bertz CT molecular complexity index is 1230. The Labute approximate surface area is 211 Å². The minimum absolute atomic E-state index is 0.120. The van der Waals surface area contributed by atoms with Gasteiger partial charge < -0.3 is 23.8 Å². The first kappa shape index (κ1) is 23.9. The zero-order valence-electron chi connectivity index (χ0n) is 20.7.